The third-order valence-electron chi connectivity index (χ3n) is 2.60. The number of nitro benzene ring substituents is 1. The van der Waals surface area contributed by atoms with E-state index in [2.05, 4.69) is 0 Å². The van der Waals surface area contributed by atoms with Crippen molar-refractivity contribution in [3.05, 3.63) is 33.4 Å². The number of nitrogens with two attached hydrogens (primary N) is 1. The summed E-state index contributed by atoms with van der Waals surface area (Å²) in [6.45, 7) is 0. The van der Waals surface area contributed by atoms with E-state index in [1.165, 1.54) is 6.07 Å². The van der Waals surface area contributed by atoms with Crippen LogP contribution in [0.4, 0.5) is 5.69 Å². The lowest BCUT2D eigenvalue weighted by Crippen LogP contribution is -2.05. The fourth-order valence-electron chi connectivity index (χ4n) is 1.85. The second-order valence-corrected chi connectivity index (χ2v) is 3.40. The van der Waals surface area contributed by atoms with Gasteiger partial charge in [0.25, 0.3) is 0 Å². The Labute approximate surface area is 80.3 Å². The Bertz CT molecular complexity index is 403. The lowest BCUT2D eigenvalue weighted by molar-refractivity contribution is -0.385. The van der Waals surface area contributed by atoms with Gasteiger partial charge in [-0.05, 0) is 18.4 Å². The molecule has 0 amide bonds. The van der Waals surface area contributed by atoms with Gasteiger partial charge in [0.2, 0.25) is 0 Å². The zero-order chi connectivity index (χ0) is 10.3. The molecule has 1 atom stereocenters. The number of phenolic OH excluding ortho intramolecular Hbond substituents is 1. The number of fused-ring (bicyclic) bond motifs is 1. The predicted octanol–water partition coefficient (Wildman–Crippen LogP) is 1.25. The second-order valence-electron chi connectivity index (χ2n) is 3.40. The van der Waals surface area contributed by atoms with Crippen molar-refractivity contribution >= 4 is 5.69 Å². The van der Waals surface area contributed by atoms with Crippen LogP contribution in [-0.4, -0.2) is 10.0 Å². The molecule has 1 aliphatic rings. The summed E-state index contributed by atoms with van der Waals surface area (Å²) in [6.07, 6.45) is 1.36. The number of hydrogen-bond acceptors (Lipinski definition) is 4. The fourth-order valence-corrected chi connectivity index (χ4v) is 1.85. The van der Waals surface area contributed by atoms with Crippen molar-refractivity contribution in [2.24, 2.45) is 5.73 Å². The van der Waals surface area contributed by atoms with Gasteiger partial charge in [-0.2, -0.15) is 0 Å². The zero-order valence-electron chi connectivity index (χ0n) is 7.43. The van der Waals surface area contributed by atoms with Crippen LogP contribution in [0.25, 0.3) is 0 Å². The van der Waals surface area contributed by atoms with Gasteiger partial charge in [0.05, 0.1) is 4.92 Å². The van der Waals surface area contributed by atoms with Gasteiger partial charge in [0.15, 0.2) is 5.75 Å². The van der Waals surface area contributed by atoms with Crippen LogP contribution in [0, 0.1) is 10.1 Å². The standard InChI is InChI=1S/C9H10N2O3/c10-7-3-1-6-5(7)2-4-8(9(6)12)11(13)14/h2,4,7,12H,1,3,10H2/t7-/m1/s1. The Morgan fingerprint density at radius 3 is 2.93 bits per heavy atom. The van der Waals surface area contributed by atoms with E-state index in [1.54, 1.807) is 6.07 Å². The summed E-state index contributed by atoms with van der Waals surface area (Å²) in [5.74, 6) is -0.222. The maximum Gasteiger partial charge on any atom is 0.311 e. The first-order valence-electron chi connectivity index (χ1n) is 4.36. The Hall–Kier alpha value is -1.62. The lowest BCUT2D eigenvalue weighted by atomic mass is 10.1. The number of aromatic hydroxyl groups is 1. The summed E-state index contributed by atoms with van der Waals surface area (Å²) in [5, 5.41) is 20.1. The Morgan fingerprint density at radius 2 is 2.29 bits per heavy atom. The molecule has 0 spiro atoms. The lowest BCUT2D eigenvalue weighted by Gasteiger charge is -2.05. The summed E-state index contributed by atoms with van der Waals surface area (Å²) in [6, 6.07) is 2.83. The number of hydrogen-bond donors (Lipinski definition) is 2. The first-order chi connectivity index (χ1) is 6.61. The van der Waals surface area contributed by atoms with Gasteiger partial charge in [0, 0.05) is 17.7 Å². The molecule has 5 heteroatoms. The molecule has 1 aromatic carbocycles. The highest BCUT2D eigenvalue weighted by molar-refractivity contribution is 5.56. The first-order valence-corrected chi connectivity index (χ1v) is 4.36. The highest BCUT2D eigenvalue weighted by Gasteiger charge is 2.27. The molecule has 0 heterocycles. The van der Waals surface area contributed by atoms with Crippen LogP contribution in [0.5, 0.6) is 5.75 Å². The van der Waals surface area contributed by atoms with Crippen LogP contribution in [0.15, 0.2) is 12.1 Å². The van der Waals surface area contributed by atoms with Crippen LogP contribution < -0.4 is 5.73 Å². The van der Waals surface area contributed by atoms with Crippen LogP contribution in [0.3, 0.4) is 0 Å². The maximum atomic E-state index is 10.5. The predicted molar refractivity (Wildman–Crippen MR) is 50.0 cm³/mol. The minimum atomic E-state index is -0.584. The third-order valence-corrected chi connectivity index (χ3v) is 2.60. The van der Waals surface area contributed by atoms with Crippen LogP contribution in [-0.2, 0) is 6.42 Å². The van der Waals surface area contributed by atoms with Gasteiger partial charge in [0.1, 0.15) is 0 Å². The van der Waals surface area contributed by atoms with Crippen molar-refractivity contribution in [2.45, 2.75) is 18.9 Å². The summed E-state index contributed by atoms with van der Waals surface area (Å²) in [7, 11) is 0. The molecule has 0 saturated carbocycles. The van der Waals surface area contributed by atoms with E-state index in [0.29, 0.717) is 12.0 Å². The quantitative estimate of drug-likeness (QED) is 0.520. The largest absolute Gasteiger partial charge is 0.502 e. The summed E-state index contributed by atoms with van der Waals surface area (Å²) >= 11 is 0. The molecule has 0 aliphatic heterocycles. The number of rotatable bonds is 1. The number of nitrogens with zero attached hydrogens (tertiary/aromatic N) is 1. The molecule has 0 unspecified atom stereocenters. The fraction of sp³-hybridized carbons (Fsp3) is 0.333. The van der Waals surface area contributed by atoms with Crippen molar-refractivity contribution in [3.8, 4) is 5.75 Å². The summed E-state index contributed by atoms with van der Waals surface area (Å²) < 4.78 is 0. The van der Waals surface area contributed by atoms with E-state index in [4.69, 9.17) is 5.73 Å². The highest BCUT2D eigenvalue weighted by atomic mass is 16.6. The molecule has 3 N–H and O–H groups in total. The zero-order valence-corrected chi connectivity index (χ0v) is 7.43. The van der Waals surface area contributed by atoms with Crippen molar-refractivity contribution in [1.82, 2.24) is 0 Å². The van der Waals surface area contributed by atoms with E-state index in [0.717, 1.165) is 12.0 Å². The molecule has 0 fully saturated rings. The maximum absolute atomic E-state index is 10.5. The van der Waals surface area contributed by atoms with Gasteiger partial charge in [-0.15, -0.1) is 0 Å². The minimum absolute atomic E-state index is 0.100. The summed E-state index contributed by atoms with van der Waals surface area (Å²) in [5.41, 5.74) is 6.98. The Balaban J connectivity index is 2.58. The molecule has 74 valence electrons. The van der Waals surface area contributed by atoms with Crippen LogP contribution in [0.1, 0.15) is 23.6 Å². The van der Waals surface area contributed by atoms with Gasteiger partial charge in [-0.3, -0.25) is 10.1 Å². The molecule has 1 aliphatic carbocycles. The van der Waals surface area contributed by atoms with Crippen molar-refractivity contribution in [1.29, 1.82) is 0 Å². The van der Waals surface area contributed by atoms with Crippen molar-refractivity contribution in [3.63, 3.8) is 0 Å². The van der Waals surface area contributed by atoms with E-state index in [9.17, 15) is 15.2 Å². The Kier molecular flexibility index (Phi) is 1.89. The van der Waals surface area contributed by atoms with Gasteiger partial charge in [-0.1, -0.05) is 6.07 Å². The molecular formula is C9H10N2O3. The summed E-state index contributed by atoms with van der Waals surface area (Å²) in [4.78, 5) is 9.93. The molecule has 0 bridgehead atoms. The molecular weight excluding hydrogens is 184 g/mol. The highest BCUT2D eigenvalue weighted by Crippen LogP contribution is 2.40. The van der Waals surface area contributed by atoms with Gasteiger partial charge >= 0.3 is 5.69 Å². The monoisotopic (exact) mass is 194 g/mol. The van der Waals surface area contributed by atoms with E-state index in [1.807, 2.05) is 0 Å². The van der Waals surface area contributed by atoms with E-state index in [-0.39, 0.29) is 17.5 Å². The van der Waals surface area contributed by atoms with Crippen molar-refractivity contribution < 1.29 is 10.0 Å². The number of phenols is 1. The van der Waals surface area contributed by atoms with Gasteiger partial charge < -0.3 is 10.8 Å². The third kappa shape index (κ3) is 1.13. The van der Waals surface area contributed by atoms with Crippen LogP contribution in [0.2, 0.25) is 0 Å². The van der Waals surface area contributed by atoms with Crippen molar-refractivity contribution in [2.75, 3.05) is 0 Å². The molecule has 5 nitrogen and oxygen atoms in total. The smallest absolute Gasteiger partial charge is 0.311 e. The van der Waals surface area contributed by atoms with Gasteiger partial charge in [-0.25, -0.2) is 0 Å². The van der Waals surface area contributed by atoms with E-state index < -0.39 is 4.92 Å². The molecule has 14 heavy (non-hydrogen) atoms. The number of benzene rings is 1. The van der Waals surface area contributed by atoms with Crippen LogP contribution >= 0.6 is 0 Å². The molecule has 1 aromatic rings. The average Bonchev–Trinajstić information content (AvgIpc) is 2.49. The first kappa shape index (κ1) is 8.96. The number of nitro groups is 1. The molecule has 2 rings (SSSR count). The van der Waals surface area contributed by atoms with E-state index >= 15 is 0 Å². The molecule has 0 saturated heterocycles. The second kappa shape index (κ2) is 2.95. The topological polar surface area (TPSA) is 89.4 Å². The SMILES string of the molecule is N[C@@H]1CCc2c1ccc([N+](=O)[O-])c2O. The normalized spacial score (nSPS) is 19.4. The minimum Gasteiger partial charge on any atom is -0.502 e. The average molecular weight is 194 g/mol. The Morgan fingerprint density at radius 1 is 1.57 bits per heavy atom. The molecule has 0 radical (unpaired) electrons. The molecule has 0 aromatic heterocycles.